The lowest BCUT2D eigenvalue weighted by molar-refractivity contribution is -0.274. The molecule has 1 N–H and O–H groups in total. The monoisotopic (exact) mass is 409 g/mol. The summed E-state index contributed by atoms with van der Waals surface area (Å²) in [6, 6.07) is 13.0. The minimum atomic E-state index is -4.86. The van der Waals surface area contributed by atoms with Gasteiger partial charge in [-0.15, -0.1) is 13.2 Å². The molecule has 0 bridgehead atoms. The average Bonchev–Trinajstić information content (AvgIpc) is 3.12. The van der Waals surface area contributed by atoms with E-state index < -0.39 is 23.4 Å². The normalized spacial score (nSPS) is 19.3. The third-order valence-electron chi connectivity index (χ3n) is 5.25. The zero-order chi connectivity index (χ0) is 21.1. The van der Waals surface area contributed by atoms with Gasteiger partial charge in [0.05, 0.1) is 12.7 Å². The van der Waals surface area contributed by atoms with Crippen LogP contribution in [0.3, 0.4) is 0 Å². The smallest absolute Gasteiger partial charge is 0.496 e. The Morgan fingerprint density at radius 2 is 1.93 bits per heavy atom. The second kappa shape index (κ2) is 8.32. The maximum Gasteiger partial charge on any atom is 0.573 e. The molecule has 29 heavy (non-hydrogen) atoms. The van der Waals surface area contributed by atoms with Crippen molar-refractivity contribution < 1.29 is 32.5 Å². The molecule has 0 saturated carbocycles. The average molecular weight is 409 g/mol. The van der Waals surface area contributed by atoms with Crippen molar-refractivity contribution in [2.24, 2.45) is 0 Å². The number of benzene rings is 2. The molecule has 5 nitrogen and oxygen atoms in total. The lowest BCUT2D eigenvalue weighted by Crippen LogP contribution is -2.35. The van der Waals surface area contributed by atoms with Crippen molar-refractivity contribution >= 4 is 5.91 Å². The van der Waals surface area contributed by atoms with Gasteiger partial charge in [0.2, 0.25) is 0 Å². The molecule has 1 aliphatic heterocycles. The first kappa shape index (κ1) is 21.0. The number of ether oxygens (including phenoxy) is 2. The number of amides is 1. The maximum absolute atomic E-state index is 13.1. The molecule has 156 valence electrons. The first-order valence-electron chi connectivity index (χ1n) is 9.17. The van der Waals surface area contributed by atoms with E-state index in [0.29, 0.717) is 25.9 Å². The van der Waals surface area contributed by atoms with Crippen LogP contribution in [0.5, 0.6) is 11.5 Å². The van der Waals surface area contributed by atoms with Gasteiger partial charge < -0.3 is 19.5 Å². The molecule has 8 heteroatoms. The molecule has 1 atom stereocenters. The molecule has 1 unspecified atom stereocenters. The number of aliphatic hydroxyl groups is 1. The van der Waals surface area contributed by atoms with Crippen LogP contribution in [0.2, 0.25) is 0 Å². The van der Waals surface area contributed by atoms with Gasteiger partial charge in [-0.3, -0.25) is 4.79 Å². The number of carbonyl (C=O) groups is 1. The minimum absolute atomic E-state index is 0.00195. The van der Waals surface area contributed by atoms with Crippen LogP contribution in [0.15, 0.2) is 48.5 Å². The lowest BCUT2D eigenvalue weighted by atomic mass is 9.77. The van der Waals surface area contributed by atoms with Crippen molar-refractivity contribution in [3.8, 4) is 11.5 Å². The van der Waals surface area contributed by atoms with Crippen LogP contribution in [0.1, 0.15) is 28.8 Å². The van der Waals surface area contributed by atoms with E-state index in [-0.39, 0.29) is 17.9 Å². The second-order valence-electron chi connectivity index (χ2n) is 7.01. The highest BCUT2D eigenvalue weighted by Crippen LogP contribution is 2.39. The third-order valence-corrected chi connectivity index (χ3v) is 5.25. The standard InChI is InChI=1S/C21H22F3NO4/c1-28-18-8-7-16(29-21(22,23)24)13-17(18)19(27)25-11-9-20(14-25,10-12-26)15-5-3-2-4-6-15/h2-8,13,26H,9-12,14H2,1H3. The summed E-state index contributed by atoms with van der Waals surface area (Å²) in [4.78, 5) is 14.7. The summed E-state index contributed by atoms with van der Waals surface area (Å²) in [5.74, 6) is -0.750. The number of alkyl halides is 3. The molecular formula is C21H22F3NO4. The van der Waals surface area contributed by atoms with E-state index in [1.54, 1.807) is 4.90 Å². The highest BCUT2D eigenvalue weighted by atomic mass is 19.4. The van der Waals surface area contributed by atoms with Crippen molar-refractivity contribution in [2.45, 2.75) is 24.6 Å². The Morgan fingerprint density at radius 3 is 2.55 bits per heavy atom. The van der Waals surface area contributed by atoms with Gasteiger partial charge in [0.15, 0.2) is 0 Å². The van der Waals surface area contributed by atoms with E-state index in [1.807, 2.05) is 30.3 Å². The highest BCUT2D eigenvalue weighted by Gasteiger charge is 2.41. The van der Waals surface area contributed by atoms with E-state index in [9.17, 15) is 23.1 Å². The van der Waals surface area contributed by atoms with Gasteiger partial charge in [0, 0.05) is 25.1 Å². The van der Waals surface area contributed by atoms with Crippen LogP contribution in [0, 0.1) is 0 Å². The molecule has 1 amide bonds. The summed E-state index contributed by atoms with van der Waals surface area (Å²) in [6.07, 6.45) is -3.73. The Hall–Kier alpha value is -2.74. The lowest BCUT2D eigenvalue weighted by Gasteiger charge is -2.29. The summed E-state index contributed by atoms with van der Waals surface area (Å²) in [5.41, 5.74) is 0.617. The van der Waals surface area contributed by atoms with Gasteiger partial charge in [-0.1, -0.05) is 30.3 Å². The SMILES string of the molecule is COc1ccc(OC(F)(F)F)cc1C(=O)N1CCC(CCO)(c2ccccc2)C1. The first-order chi connectivity index (χ1) is 13.8. The molecule has 3 rings (SSSR count). The number of aliphatic hydroxyl groups excluding tert-OH is 1. The van der Waals surface area contributed by atoms with Crippen molar-refractivity contribution in [3.05, 3.63) is 59.7 Å². The fourth-order valence-corrected chi connectivity index (χ4v) is 3.86. The largest absolute Gasteiger partial charge is 0.573 e. The molecule has 0 radical (unpaired) electrons. The van der Waals surface area contributed by atoms with Crippen LogP contribution in [-0.4, -0.2) is 49.1 Å². The fraction of sp³-hybridized carbons (Fsp3) is 0.381. The first-order valence-corrected chi connectivity index (χ1v) is 9.17. The summed E-state index contributed by atoms with van der Waals surface area (Å²) < 4.78 is 46.8. The predicted molar refractivity (Wildman–Crippen MR) is 100 cm³/mol. The third kappa shape index (κ3) is 4.64. The number of carbonyl (C=O) groups excluding carboxylic acids is 1. The van der Waals surface area contributed by atoms with E-state index in [1.165, 1.54) is 13.2 Å². The van der Waals surface area contributed by atoms with Gasteiger partial charge in [0.25, 0.3) is 5.91 Å². The summed E-state index contributed by atoms with van der Waals surface area (Å²) >= 11 is 0. The Labute approximate surface area is 166 Å². The zero-order valence-electron chi connectivity index (χ0n) is 15.9. The summed E-state index contributed by atoms with van der Waals surface area (Å²) in [6.45, 7) is 0.736. The van der Waals surface area contributed by atoms with Gasteiger partial charge in [0.1, 0.15) is 11.5 Å². The maximum atomic E-state index is 13.1. The minimum Gasteiger partial charge on any atom is -0.496 e. The second-order valence-corrected chi connectivity index (χ2v) is 7.01. The van der Waals surface area contributed by atoms with Crippen LogP contribution in [-0.2, 0) is 5.41 Å². The molecule has 2 aromatic carbocycles. The number of rotatable bonds is 6. The van der Waals surface area contributed by atoms with E-state index in [4.69, 9.17) is 4.74 Å². The number of hydrogen-bond acceptors (Lipinski definition) is 4. The Balaban J connectivity index is 1.88. The number of likely N-dealkylation sites (tertiary alicyclic amines) is 1. The Kier molecular flexibility index (Phi) is 6.02. The Morgan fingerprint density at radius 1 is 1.21 bits per heavy atom. The summed E-state index contributed by atoms with van der Waals surface area (Å²) in [7, 11) is 1.35. The number of methoxy groups -OCH3 is 1. The number of halogens is 3. The zero-order valence-corrected chi connectivity index (χ0v) is 15.9. The van der Waals surface area contributed by atoms with E-state index >= 15 is 0 Å². The van der Waals surface area contributed by atoms with Crippen LogP contribution < -0.4 is 9.47 Å². The molecular weight excluding hydrogens is 387 g/mol. The highest BCUT2D eigenvalue weighted by molar-refractivity contribution is 5.97. The molecule has 0 aliphatic carbocycles. The van der Waals surface area contributed by atoms with Crippen molar-refractivity contribution in [2.75, 3.05) is 26.8 Å². The van der Waals surface area contributed by atoms with Gasteiger partial charge in [-0.2, -0.15) is 0 Å². The predicted octanol–water partition coefficient (Wildman–Crippen LogP) is 3.76. The number of hydrogen-bond donors (Lipinski definition) is 1. The van der Waals surface area contributed by atoms with Gasteiger partial charge in [-0.25, -0.2) is 0 Å². The topological polar surface area (TPSA) is 59.0 Å². The van der Waals surface area contributed by atoms with E-state index in [0.717, 1.165) is 17.7 Å². The molecule has 2 aromatic rings. The van der Waals surface area contributed by atoms with Crippen LogP contribution in [0.4, 0.5) is 13.2 Å². The quantitative estimate of drug-likeness (QED) is 0.789. The summed E-state index contributed by atoms with van der Waals surface area (Å²) in [5, 5.41) is 9.58. The Bertz CT molecular complexity index is 857. The number of nitrogens with zero attached hydrogens (tertiary/aromatic N) is 1. The van der Waals surface area contributed by atoms with Gasteiger partial charge >= 0.3 is 6.36 Å². The van der Waals surface area contributed by atoms with Crippen LogP contribution >= 0.6 is 0 Å². The van der Waals surface area contributed by atoms with E-state index in [2.05, 4.69) is 4.74 Å². The molecule has 1 fully saturated rings. The van der Waals surface area contributed by atoms with Gasteiger partial charge in [-0.05, 0) is 36.6 Å². The van der Waals surface area contributed by atoms with Crippen LogP contribution in [0.25, 0.3) is 0 Å². The fourth-order valence-electron chi connectivity index (χ4n) is 3.86. The van der Waals surface area contributed by atoms with Crippen molar-refractivity contribution in [1.82, 2.24) is 4.90 Å². The molecule has 1 aliphatic rings. The van der Waals surface area contributed by atoms with Crippen molar-refractivity contribution in [3.63, 3.8) is 0 Å². The molecule has 0 aromatic heterocycles. The van der Waals surface area contributed by atoms with Crippen molar-refractivity contribution in [1.29, 1.82) is 0 Å². The molecule has 1 heterocycles. The molecule has 0 spiro atoms. The molecule has 1 saturated heterocycles.